The minimum atomic E-state index is -0.168. The van der Waals surface area contributed by atoms with E-state index in [0.29, 0.717) is 25.1 Å². The van der Waals surface area contributed by atoms with Crippen molar-refractivity contribution in [1.82, 2.24) is 14.9 Å². The number of carbonyl (C=O) groups excluding carboxylic acids is 2. The molecule has 0 spiro atoms. The van der Waals surface area contributed by atoms with Gasteiger partial charge in [0.2, 0.25) is 5.91 Å². The third-order valence-electron chi connectivity index (χ3n) is 6.46. The van der Waals surface area contributed by atoms with E-state index >= 15 is 0 Å². The van der Waals surface area contributed by atoms with Crippen molar-refractivity contribution in [3.63, 3.8) is 0 Å². The molecule has 0 aliphatic carbocycles. The quantitative estimate of drug-likeness (QED) is 0.480. The average Bonchev–Trinajstić information content (AvgIpc) is 3.19. The Balaban J connectivity index is 1.31. The molecule has 1 aliphatic rings. The molecule has 0 fully saturated rings. The first-order chi connectivity index (χ1) is 16.6. The van der Waals surface area contributed by atoms with Gasteiger partial charge in [-0.05, 0) is 42.5 Å². The molecule has 5 rings (SSSR count). The summed E-state index contributed by atoms with van der Waals surface area (Å²) in [5, 5.41) is 4.07. The van der Waals surface area contributed by atoms with Crippen LogP contribution in [0.1, 0.15) is 33.6 Å². The Morgan fingerprint density at radius 1 is 1.06 bits per heavy atom. The number of aryl methyl sites for hydroxylation is 2. The van der Waals surface area contributed by atoms with Crippen LogP contribution in [0, 0.1) is 0 Å². The summed E-state index contributed by atoms with van der Waals surface area (Å²) in [7, 11) is 2.00. The first kappa shape index (κ1) is 21.9. The fourth-order valence-electron chi connectivity index (χ4n) is 4.71. The largest absolute Gasteiger partial charge is 0.352 e. The molecule has 0 atom stereocenters. The SMILES string of the molecule is Cn1cc(CC(=O)N2CCCc3ncc(C(=O)NCCc4ccccc4)cc32)c2ccccc21. The number of hydrogen-bond donors (Lipinski definition) is 1. The minimum Gasteiger partial charge on any atom is -0.352 e. The number of nitrogens with zero attached hydrogens (tertiary/aromatic N) is 3. The van der Waals surface area contributed by atoms with Crippen molar-refractivity contribution < 1.29 is 9.59 Å². The molecule has 6 nitrogen and oxygen atoms in total. The summed E-state index contributed by atoms with van der Waals surface area (Å²) in [5.74, 6) is -0.140. The van der Waals surface area contributed by atoms with Gasteiger partial charge in [0.25, 0.3) is 5.91 Å². The molecule has 0 unspecified atom stereocenters. The summed E-state index contributed by atoms with van der Waals surface area (Å²) in [5.41, 5.74) is 5.41. The fraction of sp³-hybridized carbons (Fsp3) is 0.250. The summed E-state index contributed by atoms with van der Waals surface area (Å²) in [6.07, 6.45) is 6.40. The van der Waals surface area contributed by atoms with Crippen LogP contribution in [0.2, 0.25) is 0 Å². The van der Waals surface area contributed by atoms with E-state index in [1.165, 1.54) is 5.56 Å². The standard InChI is InChI=1S/C28H28N4O2/c1-31-19-22(23-10-5-6-12-25(23)31)17-27(33)32-15-7-11-24-26(32)16-21(18-30-24)28(34)29-14-13-20-8-3-2-4-9-20/h2-6,8-10,12,16,18-19H,7,11,13-15,17H2,1H3,(H,29,34). The van der Waals surface area contributed by atoms with Gasteiger partial charge >= 0.3 is 0 Å². The monoisotopic (exact) mass is 452 g/mol. The van der Waals surface area contributed by atoms with Crippen LogP contribution < -0.4 is 10.2 Å². The third-order valence-corrected chi connectivity index (χ3v) is 6.46. The normalized spacial score (nSPS) is 13.0. The molecule has 1 aliphatic heterocycles. The number of pyridine rings is 1. The molecule has 2 amide bonds. The summed E-state index contributed by atoms with van der Waals surface area (Å²) < 4.78 is 2.06. The number of fused-ring (bicyclic) bond motifs is 2. The molecular formula is C28H28N4O2. The minimum absolute atomic E-state index is 0.0285. The zero-order valence-electron chi connectivity index (χ0n) is 19.3. The summed E-state index contributed by atoms with van der Waals surface area (Å²) in [6, 6.07) is 20.0. The van der Waals surface area contributed by atoms with Crippen LogP contribution in [-0.2, 0) is 31.1 Å². The maximum atomic E-state index is 13.4. The first-order valence-electron chi connectivity index (χ1n) is 11.7. The third kappa shape index (κ3) is 4.44. The van der Waals surface area contributed by atoms with Crippen LogP contribution in [0.15, 0.2) is 73.1 Å². The predicted molar refractivity (Wildman–Crippen MR) is 134 cm³/mol. The molecule has 4 aromatic rings. The van der Waals surface area contributed by atoms with E-state index in [-0.39, 0.29) is 11.8 Å². The summed E-state index contributed by atoms with van der Waals surface area (Å²) >= 11 is 0. The molecule has 3 heterocycles. The average molecular weight is 453 g/mol. The number of carbonyl (C=O) groups is 2. The van der Waals surface area contributed by atoms with Gasteiger partial charge in [0.1, 0.15) is 0 Å². The van der Waals surface area contributed by atoms with E-state index in [1.807, 2.05) is 61.8 Å². The Hall–Kier alpha value is -3.93. The van der Waals surface area contributed by atoms with Gasteiger partial charge in [-0.3, -0.25) is 14.6 Å². The maximum Gasteiger partial charge on any atom is 0.252 e. The van der Waals surface area contributed by atoms with E-state index in [2.05, 4.69) is 27.0 Å². The maximum absolute atomic E-state index is 13.4. The van der Waals surface area contributed by atoms with Crippen LogP contribution in [0.4, 0.5) is 5.69 Å². The van der Waals surface area contributed by atoms with Crippen LogP contribution in [-0.4, -0.2) is 34.5 Å². The van der Waals surface area contributed by atoms with Gasteiger partial charge in [0, 0.05) is 43.4 Å². The van der Waals surface area contributed by atoms with Crippen LogP contribution in [0.25, 0.3) is 10.9 Å². The number of nitrogens with one attached hydrogen (secondary N) is 1. The van der Waals surface area contributed by atoms with Gasteiger partial charge < -0.3 is 14.8 Å². The molecule has 34 heavy (non-hydrogen) atoms. The molecule has 2 aromatic carbocycles. The Morgan fingerprint density at radius 3 is 2.71 bits per heavy atom. The number of anilines is 1. The lowest BCUT2D eigenvalue weighted by Gasteiger charge is -2.29. The molecule has 6 heteroatoms. The Kier molecular flexibility index (Phi) is 6.12. The van der Waals surface area contributed by atoms with Crippen molar-refractivity contribution in [2.75, 3.05) is 18.0 Å². The van der Waals surface area contributed by atoms with Gasteiger partial charge in [-0.25, -0.2) is 0 Å². The highest BCUT2D eigenvalue weighted by Gasteiger charge is 2.25. The van der Waals surface area contributed by atoms with Crippen molar-refractivity contribution in [2.45, 2.75) is 25.7 Å². The highest BCUT2D eigenvalue weighted by Crippen LogP contribution is 2.28. The number of rotatable bonds is 6. The lowest BCUT2D eigenvalue weighted by molar-refractivity contribution is -0.118. The fourth-order valence-corrected chi connectivity index (χ4v) is 4.71. The zero-order chi connectivity index (χ0) is 23.5. The predicted octanol–water partition coefficient (Wildman–Crippen LogP) is 4.07. The molecule has 0 saturated carbocycles. The second-order valence-electron chi connectivity index (χ2n) is 8.79. The zero-order valence-corrected chi connectivity index (χ0v) is 19.3. The van der Waals surface area contributed by atoms with E-state index in [9.17, 15) is 9.59 Å². The van der Waals surface area contributed by atoms with Gasteiger partial charge in [0.05, 0.1) is 23.4 Å². The van der Waals surface area contributed by atoms with Crippen LogP contribution in [0.3, 0.4) is 0 Å². The van der Waals surface area contributed by atoms with E-state index in [4.69, 9.17) is 0 Å². The van der Waals surface area contributed by atoms with Crippen molar-refractivity contribution in [3.8, 4) is 0 Å². The second-order valence-corrected chi connectivity index (χ2v) is 8.79. The highest BCUT2D eigenvalue weighted by atomic mass is 16.2. The van der Waals surface area contributed by atoms with Crippen molar-refractivity contribution in [1.29, 1.82) is 0 Å². The van der Waals surface area contributed by atoms with Crippen LogP contribution >= 0.6 is 0 Å². The van der Waals surface area contributed by atoms with E-state index in [1.54, 1.807) is 11.1 Å². The molecule has 0 bridgehead atoms. The van der Waals surface area contributed by atoms with E-state index < -0.39 is 0 Å². The molecule has 0 saturated heterocycles. The van der Waals surface area contributed by atoms with E-state index in [0.717, 1.165) is 47.1 Å². The second kappa shape index (κ2) is 9.51. The number of hydrogen-bond acceptors (Lipinski definition) is 3. The van der Waals surface area contributed by atoms with Crippen LogP contribution in [0.5, 0.6) is 0 Å². The molecular weight excluding hydrogens is 424 g/mol. The Bertz CT molecular complexity index is 1340. The summed E-state index contributed by atoms with van der Waals surface area (Å²) in [4.78, 5) is 32.5. The number of benzene rings is 2. The number of para-hydroxylation sites is 1. The summed E-state index contributed by atoms with van der Waals surface area (Å²) in [6.45, 7) is 1.18. The number of amides is 2. The van der Waals surface area contributed by atoms with Crippen molar-refractivity contribution >= 4 is 28.4 Å². The Morgan fingerprint density at radius 2 is 1.85 bits per heavy atom. The van der Waals surface area contributed by atoms with Gasteiger partial charge in [-0.15, -0.1) is 0 Å². The topological polar surface area (TPSA) is 67.2 Å². The molecule has 2 aromatic heterocycles. The smallest absolute Gasteiger partial charge is 0.252 e. The van der Waals surface area contributed by atoms with Gasteiger partial charge in [0.15, 0.2) is 0 Å². The van der Waals surface area contributed by atoms with Gasteiger partial charge in [-0.1, -0.05) is 48.5 Å². The Labute approximate surface area is 199 Å². The highest BCUT2D eigenvalue weighted by molar-refractivity contribution is 6.00. The van der Waals surface area contributed by atoms with Crippen molar-refractivity contribution in [2.24, 2.45) is 7.05 Å². The van der Waals surface area contributed by atoms with Gasteiger partial charge in [-0.2, -0.15) is 0 Å². The lowest BCUT2D eigenvalue weighted by Crippen LogP contribution is -2.37. The van der Waals surface area contributed by atoms with Crippen molar-refractivity contribution in [3.05, 3.63) is 95.4 Å². The molecule has 1 N–H and O–H groups in total. The molecule has 0 radical (unpaired) electrons. The number of aromatic nitrogens is 2. The first-order valence-corrected chi connectivity index (χ1v) is 11.7. The molecule has 172 valence electrons. The lowest BCUT2D eigenvalue weighted by atomic mass is 10.0.